The number of guanidine groups is 1. The highest BCUT2D eigenvalue weighted by molar-refractivity contribution is 6.30. The molecule has 0 amide bonds. The van der Waals surface area contributed by atoms with Crippen LogP contribution < -0.4 is 20.5 Å². The Hall–Kier alpha value is -2.40. The first-order valence-corrected chi connectivity index (χ1v) is 8.21. The number of benzene rings is 2. The zero-order valence-electron chi connectivity index (χ0n) is 13.9. The number of ether oxygens (including phenoxy) is 2. The topological polar surface area (TPSA) is 68.9 Å². The van der Waals surface area contributed by atoms with Gasteiger partial charge in [0.15, 0.2) is 5.96 Å². The van der Waals surface area contributed by atoms with Crippen LogP contribution in [-0.2, 0) is 6.54 Å². The fourth-order valence-electron chi connectivity index (χ4n) is 2.09. The average molecular weight is 348 g/mol. The van der Waals surface area contributed by atoms with E-state index in [9.17, 15) is 0 Å². The Morgan fingerprint density at radius 1 is 1.08 bits per heavy atom. The van der Waals surface area contributed by atoms with E-state index < -0.39 is 0 Å². The summed E-state index contributed by atoms with van der Waals surface area (Å²) < 4.78 is 11.1. The number of rotatable bonds is 7. The maximum absolute atomic E-state index is 5.99. The third-order valence-corrected chi connectivity index (χ3v) is 3.42. The van der Waals surface area contributed by atoms with Crippen molar-refractivity contribution in [1.82, 2.24) is 0 Å². The van der Waals surface area contributed by atoms with Gasteiger partial charge in [0.1, 0.15) is 11.5 Å². The summed E-state index contributed by atoms with van der Waals surface area (Å²) in [6.45, 7) is 5.48. The Morgan fingerprint density at radius 2 is 1.79 bits per heavy atom. The highest BCUT2D eigenvalue weighted by Crippen LogP contribution is 2.29. The molecule has 5 nitrogen and oxygen atoms in total. The Balaban J connectivity index is 2.10. The van der Waals surface area contributed by atoms with E-state index in [0.29, 0.717) is 36.5 Å². The van der Waals surface area contributed by atoms with Crippen LogP contribution in [0, 0.1) is 0 Å². The third kappa shape index (κ3) is 5.35. The van der Waals surface area contributed by atoms with Crippen LogP contribution in [0.15, 0.2) is 47.5 Å². The fraction of sp³-hybridized carbons (Fsp3) is 0.278. The Labute approximate surface area is 147 Å². The minimum absolute atomic E-state index is 0.305. The molecular formula is C18H22ClN3O2. The van der Waals surface area contributed by atoms with Gasteiger partial charge in [-0.1, -0.05) is 23.7 Å². The molecule has 0 spiro atoms. The first kappa shape index (κ1) is 17.9. The molecule has 2 aromatic rings. The molecule has 6 heteroatoms. The fourth-order valence-corrected chi connectivity index (χ4v) is 2.21. The molecule has 2 aromatic carbocycles. The van der Waals surface area contributed by atoms with Crippen molar-refractivity contribution in [3.63, 3.8) is 0 Å². The summed E-state index contributed by atoms with van der Waals surface area (Å²) in [5.74, 6) is 1.75. The van der Waals surface area contributed by atoms with E-state index in [-0.39, 0.29) is 0 Å². The van der Waals surface area contributed by atoms with Crippen LogP contribution in [-0.4, -0.2) is 19.2 Å². The molecule has 3 N–H and O–H groups in total. The highest BCUT2D eigenvalue weighted by Gasteiger charge is 2.07. The first-order valence-electron chi connectivity index (χ1n) is 7.83. The van der Waals surface area contributed by atoms with Crippen LogP contribution in [0.1, 0.15) is 19.4 Å². The van der Waals surface area contributed by atoms with Crippen molar-refractivity contribution < 1.29 is 9.47 Å². The van der Waals surface area contributed by atoms with Gasteiger partial charge in [-0.05, 0) is 43.7 Å². The Bertz CT molecular complexity index is 687. The lowest BCUT2D eigenvalue weighted by atomic mass is 10.2. The molecule has 0 aromatic heterocycles. The molecule has 0 fully saturated rings. The van der Waals surface area contributed by atoms with E-state index in [4.69, 9.17) is 26.8 Å². The number of hydrogen-bond acceptors (Lipinski definition) is 3. The molecule has 0 heterocycles. The maximum Gasteiger partial charge on any atom is 0.193 e. The number of hydrogen-bond donors (Lipinski definition) is 2. The zero-order chi connectivity index (χ0) is 17.4. The van der Waals surface area contributed by atoms with Gasteiger partial charge in [-0.15, -0.1) is 0 Å². The standard InChI is InChI=1S/C18H22ClN3O2/c1-3-23-15-9-10-17(24-4-2)16(11-15)22-18(20)21-12-13-5-7-14(19)8-6-13/h5-11H,3-4,12H2,1-2H3,(H3,20,21,22). The molecule has 0 saturated carbocycles. The van der Waals surface area contributed by atoms with Crippen molar-refractivity contribution in [2.75, 3.05) is 18.5 Å². The number of nitrogens with zero attached hydrogens (tertiary/aromatic N) is 1. The highest BCUT2D eigenvalue weighted by atomic mass is 35.5. The molecule has 0 aliphatic carbocycles. The second kappa shape index (κ2) is 9.03. The van der Waals surface area contributed by atoms with E-state index >= 15 is 0 Å². The molecule has 24 heavy (non-hydrogen) atoms. The van der Waals surface area contributed by atoms with E-state index in [1.165, 1.54) is 0 Å². The van der Waals surface area contributed by atoms with Gasteiger partial charge < -0.3 is 20.5 Å². The normalized spacial score (nSPS) is 11.2. The summed E-state index contributed by atoms with van der Waals surface area (Å²) in [6, 6.07) is 13.0. The quantitative estimate of drug-likeness (QED) is 0.585. The van der Waals surface area contributed by atoms with E-state index in [1.807, 2.05) is 56.3 Å². The van der Waals surface area contributed by atoms with Crippen molar-refractivity contribution in [3.05, 3.63) is 53.1 Å². The lowest BCUT2D eigenvalue weighted by Crippen LogP contribution is -2.23. The van der Waals surface area contributed by atoms with Crippen molar-refractivity contribution in [3.8, 4) is 11.5 Å². The van der Waals surface area contributed by atoms with Gasteiger partial charge in [-0.25, -0.2) is 4.99 Å². The minimum Gasteiger partial charge on any atom is -0.494 e. The molecule has 0 aliphatic rings. The predicted octanol–water partition coefficient (Wildman–Crippen LogP) is 4.06. The Morgan fingerprint density at radius 3 is 2.46 bits per heavy atom. The summed E-state index contributed by atoms with van der Waals surface area (Å²) in [4.78, 5) is 4.34. The molecule has 0 aliphatic heterocycles. The summed E-state index contributed by atoms with van der Waals surface area (Å²) in [5, 5.41) is 3.77. The molecule has 0 bridgehead atoms. The second-order valence-corrected chi connectivity index (χ2v) is 5.41. The molecule has 0 saturated heterocycles. The first-order chi connectivity index (χ1) is 11.6. The van der Waals surface area contributed by atoms with Crippen LogP contribution >= 0.6 is 11.6 Å². The van der Waals surface area contributed by atoms with Crippen LogP contribution in [0.3, 0.4) is 0 Å². The molecule has 2 rings (SSSR count). The predicted molar refractivity (Wildman–Crippen MR) is 99.2 cm³/mol. The van der Waals surface area contributed by atoms with Gasteiger partial charge >= 0.3 is 0 Å². The smallest absolute Gasteiger partial charge is 0.193 e. The van der Waals surface area contributed by atoms with Crippen LogP contribution in [0.25, 0.3) is 0 Å². The van der Waals surface area contributed by atoms with Crippen molar-refractivity contribution in [2.45, 2.75) is 20.4 Å². The molecule has 0 unspecified atom stereocenters. The summed E-state index contributed by atoms with van der Waals surface area (Å²) in [7, 11) is 0. The van der Waals surface area contributed by atoms with Crippen molar-refractivity contribution in [2.24, 2.45) is 10.7 Å². The molecular weight excluding hydrogens is 326 g/mol. The van der Waals surface area contributed by atoms with Gasteiger partial charge in [0, 0.05) is 11.1 Å². The van der Waals surface area contributed by atoms with Gasteiger partial charge in [0.25, 0.3) is 0 Å². The SMILES string of the molecule is CCOc1ccc(OCC)c(NC(N)=NCc2ccc(Cl)cc2)c1. The maximum atomic E-state index is 5.99. The zero-order valence-corrected chi connectivity index (χ0v) is 14.6. The number of nitrogens with one attached hydrogen (secondary N) is 1. The Kier molecular flexibility index (Phi) is 6.75. The molecule has 0 radical (unpaired) electrons. The van der Waals surface area contributed by atoms with Gasteiger partial charge in [0.05, 0.1) is 25.4 Å². The number of aliphatic imine (C=N–C) groups is 1. The van der Waals surface area contributed by atoms with E-state index in [2.05, 4.69) is 10.3 Å². The lowest BCUT2D eigenvalue weighted by Gasteiger charge is -2.14. The lowest BCUT2D eigenvalue weighted by molar-refractivity contribution is 0.332. The molecule has 0 atom stereocenters. The average Bonchev–Trinajstić information content (AvgIpc) is 2.57. The van der Waals surface area contributed by atoms with Gasteiger partial charge in [0.2, 0.25) is 0 Å². The summed E-state index contributed by atoms with van der Waals surface area (Å²) in [6.07, 6.45) is 0. The van der Waals surface area contributed by atoms with Crippen LogP contribution in [0.4, 0.5) is 5.69 Å². The number of halogens is 1. The van der Waals surface area contributed by atoms with Gasteiger partial charge in [-0.2, -0.15) is 0 Å². The van der Waals surface area contributed by atoms with E-state index in [1.54, 1.807) is 0 Å². The summed E-state index contributed by atoms with van der Waals surface area (Å²) in [5.41, 5.74) is 7.74. The van der Waals surface area contributed by atoms with Crippen molar-refractivity contribution >= 4 is 23.2 Å². The number of anilines is 1. The monoisotopic (exact) mass is 347 g/mol. The van der Waals surface area contributed by atoms with E-state index in [0.717, 1.165) is 17.0 Å². The summed E-state index contributed by atoms with van der Waals surface area (Å²) >= 11 is 5.87. The second-order valence-electron chi connectivity index (χ2n) is 4.98. The third-order valence-electron chi connectivity index (χ3n) is 3.17. The minimum atomic E-state index is 0.305. The van der Waals surface area contributed by atoms with Crippen molar-refractivity contribution in [1.29, 1.82) is 0 Å². The van der Waals surface area contributed by atoms with Crippen LogP contribution in [0.2, 0.25) is 5.02 Å². The molecule has 128 valence electrons. The van der Waals surface area contributed by atoms with Gasteiger partial charge in [-0.3, -0.25) is 0 Å². The number of nitrogens with two attached hydrogens (primary N) is 1. The van der Waals surface area contributed by atoms with Crippen LogP contribution in [0.5, 0.6) is 11.5 Å². The largest absolute Gasteiger partial charge is 0.494 e.